The number of rotatable bonds is 4. The van der Waals surface area contributed by atoms with E-state index in [9.17, 15) is 12.8 Å². The van der Waals surface area contributed by atoms with Gasteiger partial charge >= 0.3 is 0 Å². The standard InChI is InChI=1S/C20H22FN3O2S/c1-22-9-11-23(12-10-22)14-16-15-24(20-8-3-2-7-19(16)20)27(25,26)18-6-4-5-17(21)13-18/h2-8,13,15H,9-12,14H2,1H3. The first-order chi connectivity index (χ1) is 12.9. The molecule has 7 heteroatoms. The molecule has 1 aromatic heterocycles. The van der Waals surface area contributed by atoms with Crippen LogP contribution in [-0.2, 0) is 16.6 Å². The molecule has 5 nitrogen and oxygen atoms in total. The van der Waals surface area contributed by atoms with Crippen LogP contribution in [0.1, 0.15) is 5.56 Å². The SMILES string of the molecule is CN1CCN(Cc2cn(S(=O)(=O)c3cccc(F)c3)c3ccccc23)CC1. The first-order valence-electron chi connectivity index (χ1n) is 8.96. The summed E-state index contributed by atoms with van der Waals surface area (Å²) in [6.07, 6.45) is 1.68. The average Bonchev–Trinajstić information content (AvgIpc) is 3.03. The summed E-state index contributed by atoms with van der Waals surface area (Å²) in [4.78, 5) is 4.57. The van der Waals surface area contributed by atoms with E-state index in [1.165, 1.54) is 22.2 Å². The van der Waals surface area contributed by atoms with E-state index < -0.39 is 15.8 Å². The largest absolute Gasteiger partial charge is 0.304 e. The number of likely N-dealkylation sites (N-methyl/N-ethyl adjacent to an activating group) is 1. The first kappa shape index (κ1) is 18.2. The van der Waals surface area contributed by atoms with E-state index >= 15 is 0 Å². The van der Waals surface area contributed by atoms with Crippen molar-refractivity contribution in [3.63, 3.8) is 0 Å². The quantitative estimate of drug-likeness (QED) is 0.691. The van der Waals surface area contributed by atoms with Crippen molar-refractivity contribution in [2.45, 2.75) is 11.4 Å². The highest BCUT2D eigenvalue weighted by atomic mass is 32.2. The van der Waals surface area contributed by atoms with Crippen LogP contribution in [0.15, 0.2) is 59.6 Å². The Labute approximate surface area is 158 Å². The summed E-state index contributed by atoms with van der Waals surface area (Å²) in [5.41, 5.74) is 1.58. The lowest BCUT2D eigenvalue weighted by molar-refractivity contribution is 0.148. The summed E-state index contributed by atoms with van der Waals surface area (Å²) in [6.45, 7) is 4.60. The second-order valence-corrected chi connectivity index (χ2v) is 8.82. The van der Waals surface area contributed by atoms with Gasteiger partial charge < -0.3 is 4.90 Å². The molecular weight excluding hydrogens is 365 g/mol. The van der Waals surface area contributed by atoms with E-state index in [0.29, 0.717) is 12.1 Å². The van der Waals surface area contributed by atoms with Crippen LogP contribution in [0.3, 0.4) is 0 Å². The Hall–Kier alpha value is -2.22. The van der Waals surface area contributed by atoms with Gasteiger partial charge in [0.1, 0.15) is 5.82 Å². The lowest BCUT2D eigenvalue weighted by Crippen LogP contribution is -2.43. The Kier molecular flexibility index (Phi) is 4.75. The van der Waals surface area contributed by atoms with Crippen molar-refractivity contribution in [2.75, 3.05) is 33.2 Å². The van der Waals surface area contributed by atoms with Crippen molar-refractivity contribution in [3.8, 4) is 0 Å². The summed E-state index contributed by atoms with van der Waals surface area (Å²) in [7, 11) is -1.76. The molecule has 2 heterocycles. The molecule has 1 aliphatic rings. The topological polar surface area (TPSA) is 45.5 Å². The van der Waals surface area contributed by atoms with Crippen LogP contribution in [0.2, 0.25) is 0 Å². The van der Waals surface area contributed by atoms with Gasteiger partial charge in [0.25, 0.3) is 10.0 Å². The van der Waals surface area contributed by atoms with Gasteiger partial charge in [0.05, 0.1) is 10.4 Å². The monoisotopic (exact) mass is 387 g/mol. The summed E-state index contributed by atoms with van der Waals surface area (Å²) in [6, 6.07) is 12.6. The highest BCUT2D eigenvalue weighted by Crippen LogP contribution is 2.27. The average molecular weight is 387 g/mol. The molecule has 0 radical (unpaired) electrons. The molecule has 4 rings (SSSR count). The molecule has 1 aliphatic heterocycles. The maximum absolute atomic E-state index is 13.6. The zero-order valence-corrected chi connectivity index (χ0v) is 16.0. The maximum Gasteiger partial charge on any atom is 0.268 e. The molecule has 1 saturated heterocycles. The third-order valence-electron chi connectivity index (χ3n) is 5.10. The molecule has 142 valence electrons. The minimum atomic E-state index is -3.87. The number of piperazine rings is 1. The fourth-order valence-electron chi connectivity index (χ4n) is 3.53. The van der Waals surface area contributed by atoms with Crippen LogP contribution < -0.4 is 0 Å². The van der Waals surface area contributed by atoms with Crippen LogP contribution in [0.25, 0.3) is 10.9 Å². The molecule has 0 atom stereocenters. The Morgan fingerprint density at radius 2 is 1.74 bits per heavy atom. The summed E-state index contributed by atoms with van der Waals surface area (Å²) < 4.78 is 41.1. The summed E-state index contributed by atoms with van der Waals surface area (Å²) >= 11 is 0. The molecule has 0 spiro atoms. The van der Waals surface area contributed by atoms with Crippen molar-refractivity contribution in [2.24, 2.45) is 0 Å². The van der Waals surface area contributed by atoms with Gasteiger partial charge in [0.15, 0.2) is 0 Å². The molecule has 2 aromatic carbocycles. The highest BCUT2D eigenvalue weighted by Gasteiger charge is 2.23. The number of benzene rings is 2. The van der Waals surface area contributed by atoms with Crippen molar-refractivity contribution >= 4 is 20.9 Å². The Morgan fingerprint density at radius 1 is 1.00 bits per heavy atom. The molecular formula is C20H22FN3O2S. The normalized spacial score (nSPS) is 16.8. The van der Waals surface area contributed by atoms with Gasteiger partial charge in [-0.05, 0) is 36.9 Å². The van der Waals surface area contributed by atoms with Gasteiger partial charge in [-0.15, -0.1) is 0 Å². The summed E-state index contributed by atoms with van der Waals surface area (Å²) in [5.74, 6) is -0.565. The van der Waals surface area contributed by atoms with Gasteiger partial charge in [-0.2, -0.15) is 0 Å². The zero-order chi connectivity index (χ0) is 19.0. The molecule has 0 amide bonds. The second kappa shape index (κ2) is 7.07. The van der Waals surface area contributed by atoms with Gasteiger partial charge in [-0.1, -0.05) is 24.3 Å². The minimum Gasteiger partial charge on any atom is -0.304 e. The fourth-order valence-corrected chi connectivity index (χ4v) is 4.95. The number of nitrogens with zero attached hydrogens (tertiary/aromatic N) is 3. The molecule has 0 aliphatic carbocycles. The van der Waals surface area contributed by atoms with Crippen LogP contribution in [-0.4, -0.2) is 55.4 Å². The van der Waals surface area contributed by atoms with Crippen molar-refractivity contribution in [1.29, 1.82) is 0 Å². The molecule has 3 aromatic rings. The van der Waals surface area contributed by atoms with Gasteiger partial charge in [0.2, 0.25) is 0 Å². The second-order valence-electron chi connectivity index (χ2n) is 7.01. The third kappa shape index (κ3) is 3.50. The lowest BCUT2D eigenvalue weighted by Gasteiger charge is -2.32. The van der Waals surface area contributed by atoms with Crippen LogP contribution in [0.4, 0.5) is 4.39 Å². The number of hydrogen-bond acceptors (Lipinski definition) is 4. The smallest absolute Gasteiger partial charge is 0.268 e. The number of fused-ring (bicyclic) bond motifs is 1. The van der Waals surface area contributed by atoms with Crippen LogP contribution in [0.5, 0.6) is 0 Å². The molecule has 27 heavy (non-hydrogen) atoms. The lowest BCUT2D eigenvalue weighted by atomic mass is 10.1. The number of halogens is 1. The number of aromatic nitrogens is 1. The van der Waals surface area contributed by atoms with E-state index in [0.717, 1.165) is 43.2 Å². The summed E-state index contributed by atoms with van der Waals surface area (Å²) in [5, 5.41) is 0.913. The van der Waals surface area contributed by atoms with Crippen LogP contribution in [0, 0.1) is 5.82 Å². The van der Waals surface area contributed by atoms with E-state index in [4.69, 9.17) is 0 Å². The molecule has 0 bridgehead atoms. The van der Waals surface area contributed by atoms with E-state index in [2.05, 4.69) is 16.8 Å². The predicted molar refractivity (Wildman–Crippen MR) is 104 cm³/mol. The van der Waals surface area contributed by atoms with Crippen LogP contribution >= 0.6 is 0 Å². The fraction of sp³-hybridized carbons (Fsp3) is 0.300. The first-order valence-corrected chi connectivity index (χ1v) is 10.4. The van der Waals surface area contributed by atoms with Crippen molar-refractivity contribution in [1.82, 2.24) is 13.8 Å². The minimum absolute atomic E-state index is 0.0469. The number of para-hydroxylation sites is 1. The molecule has 0 unspecified atom stereocenters. The highest BCUT2D eigenvalue weighted by molar-refractivity contribution is 7.90. The van der Waals surface area contributed by atoms with E-state index in [-0.39, 0.29) is 4.90 Å². The van der Waals surface area contributed by atoms with E-state index in [1.807, 2.05) is 18.2 Å². The predicted octanol–water partition coefficient (Wildman–Crippen LogP) is 2.76. The molecule has 0 N–H and O–H groups in total. The van der Waals surface area contributed by atoms with Crippen molar-refractivity contribution < 1.29 is 12.8 Å². The van der Waals surface area contributed by atoms with Gasteiger partial charge in [-0.3, -0.25) is 4.90 Å². The van der Waals surface area contributed by atoms with Gasteiger partial charge in [-0.25, -0.2) is 16.8 Å². The maximum atomic E-state index is 13.6. The third-order valence-corrected chi connectivity index (χ3v) is 6.77. The Morgan fingerprint density at radius 3 is 2.48 bits per heavy atom. The van der Waals surface area contributed by atoms with Crippen molar-refractivity contribution in [3.05, 3.63) is 66.1 Å². The molecule has 0 saturated carbocycles. The zero-order valence-electron chi connectivity index (χ0n) is 15.2. The van der Waals surface area contributed by atoms with Gasteiger partial charge in [0, 0.05) is 44.3 Å². The number of hydrogen-bond donors (Lipinski definition) is 0. The van der Waals surface area contributed by atoms with E-state index in [1.54, 1.807) is 12.3 Å². The Bertz CT molecular complexity index is 1070. The Balaban J connectivity index is 1.76. The molecule has 1 fully saturated rings.